The number of pyridine rings is 1. The number of hydrogen-bond acceptors (Lipinski definition) is 2. The first-order chi connectivity index (χ1) is 7.75. The molecule has 1 heterocycles. The van der Waals surface area contributed by atoms with E-state index in [-0.39, 0.29) is 5.82 Å². The summed E-state index contributed by atoms with van der Waals surface area (Å²) < 4.78 is 19.1. The zero-order valence-electron chi connectivity index (χ0n) is 8.36. The SMILES string of the molecule is Fc1cccc(OCc2cccnc2Br)c1. The minimum Gasteiger partial charge on any atom is -0.489 e. The Labute approximate surface area is 101 Å². The molecule has 0 bridgehead atoms. The smallest absolute Gasteiger partial charge is 0.126 e. The predicted molar refractivity (Wildman–Crippen MR) is 62.7 cm³/mol. The minimum atomic E-state index is -0.303. The van der Waals surface area contributed by atoms with Crippen LogP contribution < -0.4 is 4.74 Å². The third-order valence-electron chi connectivity index (χ3n) is 2.03. The Bertz CT molecular complexity index is 490. The van der Waals surface area contributed by atoms with Crippen molar-refractivity contribution in [3.05, 3.63) is 58.6 Å². The topological polar surface area (TPSA) is 22.1 Å². The number of ether oxygens (including phenoxy) is 1. The molecule has 0 radical (unpaired) electrons. The Hall–Kier alpha value is -1.42. The van der Waals surface area contributed by atoms with Gasteiger partial charge in [-0.2, -0.15) is 0 Å². The van der Waals surface area contributed by atoms with Crippen LogP contribution in [0.5, 0.6) is 5.75 Å². The van der Waals surface area contributed by atoms with Gasteiger partial charge in [-0.05, 0) is 34.1 Å². The fraction of sp³-hybridized carbons (Fsp3) is 0.0833. The number of hydrogen-bond donors (Lipinski definition) is 0. The van der Waals surface area contributed by atoms with Gasteiger partial charge in [0, 0.05) is 17.8 Å². The molecule has 2 nitrogen and oxygen atoms in total. The molecule has 0 saturated carbocycles. The lowest BCUT2D eigenvalue weighted by molar-refractivity contribution is 0.303. The van der Waals surface area contributed by atoms with Crippen LogP contribution in [0.25, 0.3) is 0 Å². The van der Waals surface area contributed by atoms with E-state index in [0.29, 0.717) is 12.4 Å². The van der Waals surface area contributed by atoms with E-state index in [1.54, 1.807) is 18.3 Å². The highest BCUT2D eigenvalue weighted by molar-refractivity contribution is 9.10. The zero-order chi connectivity index (χ0) is 11.4. The third kappa shape index (κ3) is 2.79. The van der Waals surface area contributed by atoms with E-state index in [9.17, 15) is 4.39 Å². The van der Waals surface area contributed by atoms with Gasteiger partial charge in [0.1, 0.15) is 22.8 Å². The van der Waals surface area contributed by atoms with Crippen LogP contribution in [0.2, 0.25) is 0 Å². The minimum absolute atomic E-state index is 0.303. The van der Waals surface area contributed by atoms with Crippen molar-refractivity contribution in [3.63, 3.8) is 0 Å². The lowest BCUT2D eigenvalue weighted by Crippen LogP contribution is -1.97. The molecular formula is C12H9BrFNO. The zero-order valence-corrected chi connectivity index (χ0v) is 9.95. The van der Waals surface area contributed by atoms with E-state index in [1.165, 1.54) is 12.1 Å². The third-order valence-corrected chi connectivity index (χ3v) is 2.74. The summed E-state index contributed by atoms with van der Waals surface area (Å²) in [5.41, 5.74) is 0.923. The Morgan fingerprint density at radius 1 is 1.25 bits per heavy atom. The molecule has 1 aromatic heterocycles. The second kappa shape index (κ2) is 5.07. The first-order valence-corrected chi connectivity index (χ1v) is 5.53. The molecule has 0 fully saturated rings. The molecule has 2 rings (SSSR count). The standard InChI is InChI=1S/C12H9BrFNO/c13-12-9(3-2-6-15-12)8-16-11-5-1-4-10(14)7-11/h1-7H,8H2. The van der Waals surface area contributed by atoms with Gasteiger partial charge in [0.25, 0.3) is 0 Å². The maximum absolute atomic E-state index is 12.9. The molecule has 0 atom stereocenters. The summed E-state index contributed by atoms with van der Waals surface area (Å²) in [5.74, 6) is 0.207. The van der Waals surface area contributed by atoms with E-state index in [1.807, 2.05) is 12.1 Å². The van der Waals surface area contributed by atoms with Crippen molar-refractivity contribution in [1.82, 2.24) is 4.98 Å². The summed E-state index contributed by atoms with van der Waals surface area (Å²) in [6.07, 6.45) is 1.69. The summed E-state index contributed by atoms with van der Waals surface area (Å²) in [7, 11) is 0. The molecule has 0 spiro atoms. The van der Waals surface area contributed by atoms with Gasteiger partial charge >= 0.3 is 0 Å². The van der Waals surface area contributed by atoms with Crippen molar-refractivity contribution in [3.8, 4) is 5.75 Å². The second-order valence-corrected chi connectivity index (χ2v) is 3.95. The van der Waals surface area contributed by atoms with Crippen LogP contribution in [0.3, 0.4) is 0 Å². The summed E-state index contributed by atoms with van der Waals surface area (Å²) >= 11 is 3.32. The van der Waals surface area contributed by atoms with E-state index < -0.39 is 0 Å². The van der Waals surface area contributed by atoms with Crippen LogP contribution in [-0.4, -0.2) is 4.98 Å². The quantitative estimate of drug-likeness (QED) is 0.803. The van der Waals surface area contributed by atoms with Crippen molar-refractivity contribution in [2.45, 2.75) is 6.61 Å². The molecule has 2 aromatic rings. The molecule has 0 aliphatic rings. The molecule has 4 heteroatoms. The number of nitrogens with zero attached hydrogens (tertiary/aromatic N) is 1. The largest absolute Gasteiger partial charge is 0.489 e. The van der Waals surface area contributed by atoms with Crippen molar-refractivity contribution in [2.24, 2.45) is 0 Å². The molecule has 0 saturated heterocycles. The normalized spacial score (nSPS) is 10.1. The van der Waals surface area contributed by atoms with Gasteiger partial charge in [-0.15, -0.1) is 0 Å². The van der Waals surface area contributed by atoms with E-state index >= 15 is 0 Å². The summed E-state index contributed by atoms with van der Waals surface area (Å²) in [5, 5.41) is 0. The van der Waals surface area contributed by atoms with Gasteiger partial charge in [-0.3, -0.25) is 0 Å². The number of rotatable bonds is 3. The van der Waals surface area contributed by atoms with Crippen LogP contribution >= 0.6 is 15.9 Å². The Morgan fingerprint density at radius 2 is 2.12 bits per heavy atom. The van der Waals surface area contributed by atoms with Gasteiger partial charge in [0.2, 0.25) is 0 Å². The molecule has 0 amide bonds. The Kier molecular flexibility index (Phi) is 3.51. The molecule has 0 unspecified atom stereocenters. The van der Waals surface area contributed by atoms with Crippen LogP contribution in [0.1, 0.15) is 5.56 Å². The van der Waals surface area contributed by atoms with Crippen molar-refractivity contribution < 1.29 is 9.13 Å². The fourth-order valence-electron chi connectivity index (χ4n) is 1.24. The van der Waals surface area contributed by atoms with Crippen LogP contribution in [0, 0.1) is 5.82 Å². The van der Waals surface area contributed by atoms with Gasteiger partial charge in [-0.1, -0.05) is 12.1 Å². The maximum Gasteiger partial charge on any atom is 0.126 e. The van der Waals surface area contributed by atoms with E-state index in [2.05, 4.69) is 20.9 Å². The molecular weight excluding hydrogens is 273 g/mol. The number of halogens is 2. The Morgan fingerprint density at radius 3 is 2.88 bits per heavy atom. The van der Waals surface area contributed by atoms with Gasteiger partial charge in [0.15, 0.2) is 0 Å². The van der Waals surface area contributed by atoms with Crippen molar-refractivity contribution in [1.29, 1.82) is 0 Å². The first-order valence-electron chi connectivity index (χ1n) is 4.73. The van der Waals surface area contributed by atoms with Crippen LogP contribution in [0.4, 0.5) is 4.39 Å². The highest BCUT2D eigenvalue weighted by atomic mass is 79.9. The van der Waals surface area contributed by atoms with E-state index in [4.69, 9.17) is 4.74 Å². The lowest BCUT2D eigenvalue weighted by atomic mass is 10.3. The molecule has 0 N–H and O–H groups in total. The summed E-state index contributed by atoms with van der Waals surface area (Å²) in [4.78, 5) is 4.07. The molecule has 82 valence electrons. The average molecular weight is 282 g/mol. The summed E-state index contributed by atoms with van der Waals surface area (Å²) in [6, 6.07) is 9.79. The van der Waals surface area contributed by atoms with Crippen molar-refractivity contribution >= 4 is 15.9 Å². The molecule has 0 aliphatic carbocycles. The van der Waals surface area contributed by atoms with E-state index in [0.717, 1.165) is 10.2 Å². The van der Waals surface area contributed by atoms with Crippen molar-refractivity contribution in [2.75, 3.05) is 0 Å². The van der Waals surface area contributed by atoms with Crippen LogP contribution in [0.15, 0.2) is 47.2 Å². The summed E-state index contributed by atoms with van der Waals surface area (Å²) in [6.45, 7) is 0.359. The molecule has 1 aromatic carbocycles. The predicted octanol–water partition coefficient (Wildman–Crippen LogP) is 3.56. The molecule has 16 heavy (non-hydrogen) atoms. The first kappa shape index (κ1) is 11.1. The highest BCUT2D eigenvalue weighted by Gasteiger charge is 2.01. The number of benzene rings is 1. The van der Waals surface area contributed by atoms with Gasteiger partial charge in [-0.25, -0.2) is 9.37 Å². The number of aromatic nitrogens is 1. The molecule has 0 aliphatic heterocycles. The van der Waals surface area contributed by atoms with Crippen LogP contribution in [-0.2, 0) is 6.61 Å². The Balaban J connectivity index is 2.05. The monoisotopic (exact) mass is 281 g/mol. The fourth-order valence-corrected chi connectivity index (χ4v) is 1.61. The highest BCUT2D eigenvalue weighted by Crippen LogP contribution is 2.17. The lowest BCUT2D eigenvalue weighted by Gasteiger charge is -2.06. The van der Waals surface area contributed by atoms with Gasteiger partial charge < -0.3 is 4.74 Å². The average Bonchev–Trinajstić information content (AvgIpc) is 2.28. The van der Waals surface area contributed by atoms with Gasteiger partial charge in [0.05, 0.1) is 0 Å². The maximum atomic E-state index is 12.9. The second-order valence-electron chi connectivity index (χ2n) is 3.20.